The summed E-state index contributed by atoms with van der Waals surface area (Å²) in [6, 6.07) is 11.3. The summed E-state index contributed by atoms with van der Waals surface area (Å²) in [5.74, 6) is 0.611. The number of aryl methyl sites for hydroxylation is 1. The highest BCUT2D eigenvalue weighted by molar-refractivity contribution is 5.93. The summed E-state index contributed by atoms with van der Waals surface area (Å²) in [6.07, 6.45) is 4.81. The molecule has 1 aliphatic rings. The number of ether oxygens (including phenoxy) is 1. The van der Waals surface area contributed by atoms with Crippen molar-refractivity contribution in [1.82, 2.24) is 14.4 Å². The van der Waals surface area contributed by atoms with Crippen LogP contribution in [0.3, 0.4) is 0 Å². The maximum atomic E-state index is 13.1. The second kappa shape index (κ2) is 10.2. The number of hydrogen-bond acceptors (Lipinski definition) is 3. The minimum atomic E-state index is -0.285. The number of rotatable bonds is 10. The van der Waals surface area contributed by atoms with E-state index in [1.165, 1.54) is 0 Å². The van der Waals surface area contributed by atoms with Gasteiger partial charge in [0.1, 0.15) is 12.3 Å². The van der Waals surface area contributed by atoms with Gasteiger partial charge in [-0.15, -0.1) is 0 Å². The van der Waals surface area contributed by atoms with Crippen LogP contribution in [0.2, 0.25) is 0 Å². The number of nitrogens with one attached hydrogen (secondary N) is 1. The first-order chi connectivity index (χ1) is 14.5. The zero-order chi connectivity index (χ0) is 21.5. The zero-order valence-corrected chi connectivity index (χ0v) is 18.1. The summed E-state index contributed by atoms with van der Waals surface area (Å²) in [6.45, 7) is 5.57. The molecule has 1 aliphatic carbocycles. The maximum absolute atomic E-state index is 13.1. The topological polar surface area (TPSA) is 66.8 Å². The normalized spacial score (nSPS) is 13.0. The quantitative estimate of drug-likeness (QED) is 0.644. The van der Waals surface area contributed by atoms with E-state index in [1.54, 1.807) is 11.0 Å². The predicted octanol–water partition coefficient (Wildman–Crippen LogP) is 3.86. The predicted molar refractivity (Wildman–Crippen MR) is 117 cm³/mol. The summed E-state index contributed by atoms with van der Waals surface area (Å²) < 4.78 is 7.63. The summed E-state index contributed by atoms with van der Waals surface area (Å²) in [5.41, 5.74) is 1.70. The Balaban J connectivity index is 1.68. The number of aromatic nitrogens is 1. The van der Waals surface area contributed by atoms with Gasteiger partial charge in [-0.3, -0.25) is 4.79 Å². The molecule has 1 aromatic heterocycles. The van der Waals surface area contributed by atoms with Gasteiger partial charge >= 0.3 is 6.03 Å². The van der Waals surface area contributed by atoms with Gasteiger partial charge in [0.25, 0.3) is 0 Å². The maximum Gasteiger partial charge on any atom is 0.322 e. The molecule has 0 spiro atoms. The van der Waals surface area contributed by atoms with Crippen molar-refractivity contribution in [3.8, 4) is 5.75 Å². The Morgan fingerprint density at radius 2 is 1.93 bits per heavy atom. The second-order valence-corrected chi connectivity index (χ2v) is 7.64. The van der Waals surface area contributed by atoms with Gasteiger partial charge < -0.3 is 24.4 Å². The Hall–Kier alpha value is -2.96. The van der Waals surface area contributed by atoms with Crippen LogP contribution < -0.4 is 10.1 Å². The number of amides is 3. The molecule has 0 atom stereocenters. The Morgan fingerprint density at radius 3 is 2.57 bits per heavy atom. The molecule has 1 N–H and O–H groups in total. The van der Waals surface area contributed by atoms with Gasteiger partial charge in [-0.05, 0) is 50.5 Å². The van der Waals surface area contributed by atoms with Crippen molar-refractivity contribution in [3.05, 3.63) is 48.3 Å². The largest absolute Gasteiger partial charge is 0.492 e. The number of anilines is 1. The number of carbonyl (C=O) groups is 2. The summed E-state index contributed by atoms with van der Waals surface area (Å²) >= 11 is 0. The fraction of sp³-hybridized carbons (Fsp3) is 0.478. The lowest BCUT2D eigenvalue weighted by molar-refractivity contribution is -0.133. The van der Waals surface area contributed by atoms with Gasteiger partial charge in [0.05, 0.1) is 18.8 Å². The highest BCUT2D eigenvalue weighted by Crippen LogP contribution is 2.29. The first-order valence-electron chi connectivity index (χ1n) is 10.7. The van der Waals surface area contributed by atoms with E-state index in [0.29, 0.717) is 31.1 Å². The molecule has 2 aromatic rings. The van der Waals surface area contributed by atoms with Crippen molar-refractivity contribution in [1.29, 1.82) is 0 Å². The summed E-state index contributed by atoms with van der Waals surface area (Å²) in [5, 5.41) is 2.91. The van der Waals surface area contributed by atoms with Crippen LogP contribution in [0, 0.1) is 0 Å². The number of carbonyl (C=O) groups excluding carboxylic acids is 2. The smallest absolute Gasteiger partial charge is 0.322 e. The van der Waals surface area contributed by atoms with Crippen molar-refractivity contribution >= 4 is 17.6 Å². The Kier molecular flexibility index (Phi) is 7.38. The molecule has 1 saturated carbocycles. The average molecular weight is 413 g/mol. The monoisotopic (exact) mass is 412 g/mol. The standard InChI is InChI=1S/C23H32N4O3/c1-4-14-26(23(29)24-20-10-6-7-11-21(20)30-5-2)17-22(28)27(18-12-13-18)16-19-9-8-15-25(19)3/h6-11,15,18H,4-5,12-14,16-17H2,1-3H3,(H,24,29). The zero-order valence-electron chi connectivity index (χ0n) is 18.1. The van der Waals surface area contributed by atoms with E-state index in [4.69, 9.17) is 4.74 Å². The Labute approximate surface area is 178 Å². The minimum Gasteiger partial charge on any atom is -0.492 e. The van der Waals surface area contributed by atoms with Crippen LogP contribution in [0.4, 0.5) is 10.5 Å². The molecule has 0 aliphatic heterocycles. The molecule has 0 unspecified atom stereocenters. The third kappa shape index (κ3) is 5.55. The molecule has 7 nitrogen and oxygen atoms in total. The number of benzene rings is 1. The van der Waals surface area contributed by atoms with Crippen LogP contribution in [-0.4, -0.2) is 52.0 Å². The fourth-order valence-electron chi connectivity index (χ4n) is 3.46. The molecule has 0 saturated heterocycles. The number of para-hydroxylation sites is 2. The van der Waals surface area contributed by atoms with Crippen molar-refractivity contribution in [2.45, 2.75) is 45.7 Å². The van der Waals surface area contributed by atoms with E-state index in [0.717, 1.165) is 25.0 Å². The number of hydrogen-bond donors (Lipinski definition) is 1. The summed E-state index contributed by atoms with van der Waals surface area (Å²) in [4.78, 5) is 29.6. The second-order valence-electron chi connectivity index (χ2n) is 7.64. The van der Waals surface area contributed by atoms with Crippen LogP contribution in [0.5, 0.6) is 5.75 Å². The SMILES string of the molecule is CCCN(CC(=O)N(Cc1cccn1C)C1CC1)C(=O)Nc1ccccc1OCC. The van der Waals surface area contributed by atoms with Crippen molar-refractivity contribution in [3.63, 3.8) is 0 Å². The molecule has 0 bridgehead atoms. The fourth-order valence-corrected chi connectivity index (χ4v) is 3.46. The first-order valence-corrected chi connectivity index (χ1v) is 10.7. The highest BCUT2D eigenvalue weighted by atomic mass is 16.5. The Morgan fingerprint density at radius 1 is 1.17 bits per heavy atom. The number of nitrogens with zero attached hydrogens (tertiary/aromatic N) is 3. The van der Waals surface area contributed by atoms with E-state index in [1.807, 2.05) is 66.9 Å². The van der Waals surface area contributed by atoms with Gasteiger partial charge in [-0.1, -0.05) is 19.1 Å². The lowest BCUT2D eigenvalue weighted by atomic mass is 10.3. The lowest BCUT2D eigenvalue weighted by Crippen LogP contribution is -2.45. The molecule has 162 valence electrons. The molecular weight excluding hydrogens is 380 g/mol. The molecule has 7 heteroatoms. The van der Waals surface area contributed by atoms with Crippen LogP contribution >= 0.6 is 0 Å². The molecule has 0 radical (unpaired) electrons. The third-order valence-corrected chi connectivity index (χ3v) is 5.23. The van der Waals surface area contributed by atoms with Gasteiger partial charge in [-0.25, -0.2) is 4.79 Å². The van der Waals surface area contributed by atoms with Crippen LogP contribution in [0.25, 0.3) is 0 Å². The van der Waals surface area contributed by atoms with Crippen molar-refractivity contribution in [2.75, 3.05) is 25.0 Å². The molecule has 1 aromatic carbocycles. The number of urea groups is 1. The van der Waals surface area contributed by atoms with Crippen LogP contribution in [0.1, 0.15) is 38.8 Å². The Bertz CT molecular complexity index is 860. The molecule has 3 amide bonds. The first kappa shape index (κ1) is 21.7. The minimum absolute atomic E-state index is 0.0135. The molecule has 1 heterocycles. The van der Waals surface area contributed by atoms with Crippen LogP contribution in [0.15, 0.2) is 42.6 Å². The highest BCUT2D eigenvalue weighted by Gasteiger charge is 2.34. The van der Waals surface area contributed by atoms with Crippen molar-refractivity contribution in [2.24, 2.45) is 7.05 Å². The van der Waals surface area contributed by atoms with Gasteiger partial charge in [-0.2, -0.15) is 0 Å². The van der Waals surface area contributed by atoms with E-state index in [9.17, 15) is 9.59 Å². The van der Waals surface area contributed by atoms with E-state index in [-0.39, 0.29) is 24.5 Å². The molecule has 3 rings (SSSR count). The lowest BCUT2D eigenvalue weighted by Gasteiger charge is -2.28. The van der Waals surface area contributed by atoms with E-state index in [2.05, 4.69) is 5.32 Å². The molecule has 1 fully saturated rings. The third-order valence-electron chi connectivity index (χ3n) is 5.23. The van der Waals surface area contributed by atoms with Gasteiger partial charge in [0, 0.05) is 31.5 Å². The van der Waals surface area contributed by atoms with E-state index >= 15 is 0 Å². The van der Waals surface area contributed by atoms with E-state index < -0.39 is 0 Å². The van der Waals surface area contributed by atoms with Gasteiger partial charge in [0.15, 0.2) is 0 Å². The van der Waals surface area contributed by atoms with Crippen molar-refractivity contribution < 1.29 is 14.3 Å². The molecular formula is C23H32N4O3. The summed E-state index contributed by atoms with van der Waals surface area (Å²) in [7, 11) is 1.98. The van der Waals surface area contributed by atoms with Gasteiger partial charge in [0.2, 0.25) is 5.91 Å². The van der Waals surface area contributed by atoms with Crippen LogP contribution in [-0.2, 0) is 18.4 Å². The average Bonchev–Trinajstić information content (AvgIpc) is 3.49. The molecule has 30 heavy (non-hydrogen) atoms.